The first-order valence-electron chi connectivity index (χ1n) is 10.2. The smallest absolute Gasteiger partial charge is 0.449 e. The van der Waals surface area contributed by atoms with E-state index in [0.717, 1.165) is 17.3 Å². The lowest BCUT2D eigenvalue weighted by atomic mass is 9.83. The van der Waals surface area contributed by atoms with E-state index in [2.05, 4.69) is 0 Å². The van der Waals surface area contributed by atoms with Gasteiger partial charge in [-0.15, -0.1) is 0 Å². The molecule has 2 N–H and O–H groups in total. The summed E-state index contributed by atoms with van der Waals surface area (Å²) in [6.45, 7) is 4.15. The summed E-state index contributed by atoms with van der Waals surface area (Å²) in [5.74, 6) is -0.129. The van der Waals surface area contributed by atoms with Crippen LogP contribution in [-0.2, 0) is 19.1 Å². The fourth-order valence-corrected chi connectivity index (χ4v) is 3.44. The highest BCUT2D eigenvalue weighted by molar-refractivity contribution is 5.58. The van der Waals surface area contributed by atoms with Crippen molar-refractivity contribution in [1.82, 2.24) is 9.55 Å². The van der Waals surface area contributed by atoms with E-state index in [1.54, 1.807) is 4.57 Å². The second-order valence-electron chi connectivity index (χ2n) is 8.51. The molecule has 3 rings (SSSR count). The summed E-state index contributed by atoms with van der Waals surface area (Å²) < 4.78 is 59.1. The molecule has 0 saturated carbocycles. The molecule has 2 heterocycles. The quantitative estimate of drug-likeness (QED) is 0.427. The Morgan fingerprint density at radius 1 is 1.10 bits per heavy atom. The molecule has 0 unspecified atom stereocenters. The van der Waals surface area contributed by atoms with Crippen LogP contribution in [0.1, 0.15) is 44.0 Å². The van der Waals surface area contributed by atoms with E-state index >= 15 is 0 Å². The number of hydrogen-bond donors (Lipinski definition) is 1. The number of rotatable bonds is 9. The predicted molar refractivity (Wildman–Crippen MR) is 111 cm³/mol. The molecule has 8 heteroatoms. The molecule has 168 valence electrons. The van der Waals surface area contributed by atoms with E-state index in [0.29, 0.717) is 25.1 Å². The Morgan fingerprint density at radius 3 is 2.42 bits per heavy atom. The molecule has 0 fully saturated rings. The van der Waals surface area contributed by atoms with Crippen molar-refractivity contribution in [3.05, 3.63) is 66.0 Å². The molecule has 3 aromatic rings. The Balaban J connectivity index is 1.87. The first-order valence-corrected chi connectivity index (χ1v) is 10.2. The molecule has 2 aromatic heterocycles. The fourth-order valence-electron chi connectivity index (χ4n) is 3.44. The number of nitrogens with zero attached hydrogens (tertiary/aromatic N) is 2. The van der Waals surface area contributed by atoms with Crippen LogP contribution in [0.3, 0.4) is 0 Å². The molecule has 0 spiro atoms. The van der Waals surface area contributed by atoms with Crippen molar-refractivity contribution in [2.45, 2.75) is 52.0 Å². The highest BCUT2D eigenvalue weighted by Gasteiger charge is 2.35. The van der Waals surface area contributed by atoms with E-state index in [4.69, 9.17) is 15.1 Å². The van der Waals surface area contributed by atoms with Gasteiger partial charge in [0.1, 0.15) is 17.8 Å². The van der Waals surface area contributed by atoms with Crippen LogP contribution in [0.5, 0.6) is 0 Å². The van der Waals surface area contributed by atoms with Gasteiger partial charge in [0.05, 0.1) is 12.2 Å². The van der Waals surface area contributed by atoms with E-state index in [9.17, 15) is 17.6 Å². The standard InChI is InChI=1S/C23H27F4N3O/c1-22(2,11-10-17(24)13-28)12-21-29-19(16-6-4-3-5-7-16)15-30(21)14-18-8-9-20(31-18)23(25,26)27/h3-9,15,17H,10-14,28H2,1-2H3/t17-/m0/s1. The molecule has 4 nitrogen and oxygen atoms in total. The number of nitrogens with two attached hydrogens (primary N) is 1. The van der Waals surface area contributed by atoms with E-state index in [-0.39, 0.29) is 24.3 Å². The maximum absolute atomic E-state index is 13.6. The third-order valence-corrected chi connectivity index (χ3v) is 5.22. The van der Waals surface area contributed by atoms with Gasteiger partial charge in [-0.2, -0.15) is 13.2 Å². The van der Waals surface area contributed by atoms with Crippen LogP contribution < -0.4 is 5.73 Å². The monoisotopic (exact) mass is 437 g/mol. The van der Waals surface area contributed by atoms with Gasteiger partial charge >= 0.3 is 6.18 Å². The van der Waals surface area contributed by atoms with E-state index in [1.807, 2.05) is 50.4 Å². The minimum absolute atomic E-state index is 0.0110. The molecule has 1 aromatic carbocycles. The average Bonchev–Trinajstić information content (AvgIpc) is 3.34. The summed E-state index contributed by atoms with van der Waals surface area (Å²) in [5, 5.41) is 0. The number of hydrogen-bond acceptors (Lipinski definition) is 3. The summed E-state index contributed by atoms with van der Waals surface area (Å²) in [7, 11) is 0. The molecule has 0 saturated heterocycles. The molecule has 0 amide bonds. The second-order valence-corrected chi connectivity index (χ2v) is 8.51. The van der Waals surface area contributed by atoms with Crippen LogP contribution in [0, 0.1) is 5.41 Å². The van der Waals surface area contributed by atoms with E-state index < -0.39 is 18.1 Å². The molecular weight excluding hydrogens is 410 g/mol. The van der Waals surface area contributed by atoms with Gasteiger partial charge in [0.2, 0.25) is 5.76 Å². The Hall–Kier alpha value is -2.61. The number of benzene rings is 1. The SMILES string of the molecule is CC(C)(CC[C@H](F)CN)Cc1nc(-c2ccccc2)cn1Cc1ccc(C(F)(F)F)o1. The molecule has 1 atom stereocenters. The number of halogens is 4. The van der Waals surface area contributed by atoms with Gasteiger partial charge in [0.15, 0.2) is 0 Å². The van der Waals surface area contributed by atoms with Gasteiger partial charge in [-0.3, -0.25) is 0 Å². The van der Waals surface area contributed by atoms with Gasteiger partial charge in [-0.05, 0) is 30.4 Å². The predicted octanol–water partition coefficient (Wildman–Crippen LogP) is 5.86. The number of furan rings is 1. The number of aromatic nitrogens is 2. The van der Waals surface area contributed by atoms with Crippen molar-refractivity contribution >= 4 is 0 Å². The zero-order valence-corrected chi connectivity index (χ0v) is 17.6. The number of alkyl halides is 4. The molecular formula is C23H27F4N3O. The normalized spacial score (nSPS) is 13.5. The Labute approximate surface area is 179 Å². The first kappa shape index (κ1) is 23.1. The van der Waals surface area contributed by atoms with Crippen molar-refractivity contribution in [3.8, 4) is 11.3 Å². The van der Waals surface area contributed by atoms with Gasteiger partial charge < -0.3 is 14.7 Å². The van der Waals surface area contributed by atoms with Gasteiger partial charge in [0, 0.05) is 24.7 Å². The maximum atomic E-state index is 13.6. The Morgan fingerprint density at radius 2 is 1.81 bits per heavy atom. The summed E-state index contributed by atoms with van der Waals surface area (Å²) >= 11 is 0. The van der Waals surface area contributed by atoms with Crippen LogP contribution in [0.25, 0.3) is 11.3 Å². The summed E-state index contributed by atoms with van der Waals surface area (Å²) in [5.41, 5.74) is 6.74. The molecule has 31 heavy (non-hydrogen) atoms. The summed E-state index contributed by atoms with van der Waals surface area (Å²) in [4.78, 5) is 4.75. The minimum atomic E-state index is -4.53. The molecule has 0 radical (unpaired) electrons. The highest BCUT2D eigenvalue weighted by atomic mass is 19.4. The molecule has 0 aliphatic carbocycles. The third kappa shape index (κ3) is 6.19. The van der Waals surface area contributed by atoms with Crippen LogP contribution in [0.15, 0.2) is 53.1 Å². The molecule has 0 bridgehead atoms. The van der Waals surface area contributed by atoms with Gasteiger partial charge in [0.25, 0.3) is 0 Å². The molecule has 0 aliphatic heterocycles. The number of imidazole rings is 1. The van der Waals surface area contributed by atoms with Crippen LogP contribution in [0.2, 0.25) is 0 Å². The zero-order chi connectivity index (χ0) is 22.6. The average molecular weight is 437 g/mol. The minimum Gasteiger partial charge on any atom is -0.455 e. The van der Waals surface area contributed by atoms with Gasteiger partial charge in [-0.25, -0.2) is 9.37 Å². The van der Waals surface area contributed by atoms with Crippen molar-refractivity contribution in [2.75, 3.05) is 6.54 Å². The van der Waals surface area contributed by atoms with E-state index in [1.165, 1.54) is 6.07 Å². The van der Waals surface area contributed by atoms with Crippen LogP contribution >= 0.6 is 0 Å². The maximum Gasteiger partial charge on any atom is 0.449 e. The van der Waals surface area contributed by atoms with Crippen molar-refractivity contribution in [3.63, 3.8) is 0 Å². The Kier molecular flexibility index (Phi) is 6.89. The lowest BCUT2D eigenvalue weighted by molar-refractivity contribution is -0.153. The summed E-state index contributed by atoms with van der Waals surface area (Å²) in [6, 6.07) is 11.8. The van der Waals surface area contributed by atoms with Gasteiger partial charge in [-0.1, -0.05) is 44.2 Å². The first-order chi connectivity index (χ1) is 14.6. The lowest BCUT2D eigenvalue weighted by Crippen LogP contribution is -2.22. The van der Waals surface area contributed by atoms with Crippen LogP contribution in [-0.4, -0.2) is 22.3 Å². The highest BCUT2D eigenvalue weighted by Crippen LogP contribution is 2.32. The van der Waals surface area contributed by atoms with Crippen LogP contribution in [0.4, 0.5) is 17.6 Å². The third-order valence-electron chi connectivity index (χ3n) is 5.22. The fraction of sp³-hybridized carbons (Fsp3) is 0.435. The van der Waals surface area contributed by atoms with Crippen molar-refractivity contribution in [1.29, 1.82) is 0 Å². The topological polar surface area (TPSA) is 57.0 Å². The van der Waals surface area contributed by atoms with Crippen molar-refractivity contribution < 1.29 is 22.0 Å². The largest absolute Gasteiger partial charge is 0.455 e. The molecule has 0 aliphatic rings. The second kappa shape index (κ2) is 9.26. The zero-order valence-electron chi connectivity index (χ0n) is 17.6. The summed E-state index contributed by atoms with van der Waals surface area (Å²) in [6.07, 6.45) is -2.28. The lowest BCUT2D eigenvalue weighted by Gasteiger charge is -2.25. The van der Waals surface area contributed by atoms with Crippen molar-refractivity contribution in [2.24, 2.45) is 11.1 Å². The Bertz CT molecular complexity index is 976.